The highest BCUT2D eigenvalue weighted by molar-refractivity contribution is 6.02. The normalized spacial score (nSPS) is 33.4. The Hall–Kier alpha value is -1.10. The first kappa shape index (κ1) is 9.45. The quantitative estimate of drug-likeness (QED) is 0.572. The van der Waals surface area contributed by atoms with E-state index in [0.717, 1.165) is 25.7 Å². The highest BCUT2D eigenvalue weighted by Crippen LogP contribution is 2.23. The van der Waals surface area contributed by atoms with E-state index in [0.29, 0.717) is 0 Å². The third-order valence-corrected chi connectivity index (χ3v) is 2.99. The molecule has 1 heterocycles. The summed E-state index contributed by atoms with van der Waals surface area (Å²) in [4.78, 5) is 24.1. The van der Waals surface area contributed by atoms with Crippen LogP contribution in [0.15, 0.2) is 0 Å². The summed E-state index contributed by atoms with van der Waals surface area (Å²) in [6.45, 7) is 0.127. The van der Waals surface area contributed by atoms with Gasteiger partial charge in [0.2, 0.25) is 5.91 Å². The van der Waals surface area contributed by atoms with Gasteiger partial charge in [0.25, 0.3) is 0 Å². The Morgan fingerprint density at radius 3 is 2.57 bits per heavy atom. The van der Waals surface area contributed by atoms with Crippen molar-refractivity contribution in [1.82, 2.24) is 10.2 Å². The maximum Gasteiger partial charge on any atom is 0.324 e. The number of nitrogens with one attached hydrogen (secondary N) is 1. The van der Waals surface area contributed by atoms with Gasteiger partial charge in [-0.3, -0.25) is 9.69 Å². The molecule has 0 aromatic carbocycles. The fourth-order valence-corrected chi connectivity index (χ4v) is 2.23. The van der Waals surface area contributed by atoms with Gasteiger partial charge in [-0.15, -0.1) is 0 Å². The maximum absolute atomic E-state index is 11.4. The van der Waals surface area contributed by atoms with Gasteiger partial charge in [0.15, 0.2) is 0 Å². The van der Waals surface area contributed by atoms with Gasteiger partial charge in [0.05, 0.1) is 12.6 Å². The van der Waals surface area contributed by atoms with Crippen molar-refractivity contribution in [3.05, 3.63) is 0 Å². The van der Waals surface area contributed by atoms with Crippen LogP contribution in [0.4, 0.5) is 4.79 Å². The number of hydrogen-bond donors (Lipinski definition) is 2. The summed E-state index contributed by atoms with van der Waals surface area (Å²) in [5.74, 6) is -0.141. The Labute approximate surface area is 82.6 Å². The van der Waals surface area contributed by atoms with Crippen molar-refractivity contribution in [3.63, 3.8) is 0 Å². The molecule has 5 heteroatoms. The largest absolute Gasteiger partial charge is 0.329 e. The first-order valence-electron chi connectivity index (χ1n) is 5.05. The van der Waals surface area contributed by atoms with Gasteiger partial charge in [-0.2, -0.15) is 0 Å². The number of carbonyl (C=O) groups is 2. The van der Waals surface area contributed by atoms with Crippen molar-refractivity contribution in [2.24, 2.45) is 5.73 Å². The molecule has 1 saturated carbocycles. The van der Waals surface area contributed by atoms with E-state index >= 15 is 0 Å². The number of carbonyl (C=O) groups excluding carboxylic acids is 2. The first-order valence-corrected chi connectivity index (χ1v) is 5.05. The zero-order valence-corrected chi connectivity index (χ0v) is 8.03. The van der Waals surface area contributed by atoms with Crippen LogP contribution in [0.3, 0.4) is 0 Å². The van der Waals surface area contributed by atoms with E-state index in [1.807, 2.05) is 0 Å². The second-order valence-electron chi connectivity index (χ2n) is 3.94. The van der Waals surface area contributed by atoms with Gasteiger partial charge in [0.1, 0.15) is 0 Å². The fraction of sp³-hybridized carbons (Fsp3) is 0.778. The Morgan fingerprint density at radius 1 is 1.29 bits per heavy atom. The zero-order valence-electron chi connectivity index (χ0n) is 8.03. The molecule has 78 valence electrons. The first-order chi connectivity index (χ1) is 6.70. The zero-order chi connectivity index (χ0) is 10.1. The summed E-state index contributed by atoms with van der Waals surface area (Å²) in [5.41, 5.74) is 5.91. The molecular formula is C9H15N3O2. The molecule has 1 aliphatic heterocycles. The predicted molar refractivity (Wildman–Crippen MR) is 50.5 cm³/mol. The standard InChI is InChI=1S/C9H15N3O2/c10-6-3-1-2-4-7(6)12-8(13)5-11-9(12)14/h6-7H,1-5,10H2,(H,11,14)/t6-,7-/m1/s1. The highest BCUT2D eigenvalue weighted by Gasteiger charge is 2.38. The number of imide groups is 1. The van der Waals surface area contributed by atoms with Gasteiger partial charge in [-0.1, -0.05) is 12.8 Å². The number of hydrogen-bond acceptors (Lipinski definition) is 3. The van der Waals surface area contributed by atoms with Crippen LogP contribution in [0.25, 0.3) is 0 Å². The fourth-order valence-electron chi connectivity index (χ4n) is 2.23. The Morgan fingerprint density at radius 2 is 2.00 bits per heavy atom. The van der Waals surface area contributed by atoms with Crippen molar-refractivity contribution in [2.45, 2.75) is 37.8 Å². The molecule has 0 radical (unpaired) electrons. The Bertz CT molecular complexity index is 251. The van der Waals surface area contributed by atoms with Crippen molar-refractivity contribution < 1.29 is 9.59 Å². The van der Waals surface area contributed by atoms with Crippen molar-refractivity contribution in [2.75, 3.05) is 6.54 Å². The monoisotopic (exact) mass is 197 g/mol. The summed E-state index contributed by atoms with van der Waals surface area (Å²) >= 11 is 0. The van der Waals surface area contributed by atoms with E-state index in [1.54, 1.807) is 0 Å². The minimum absolute atomic E-state index is 0.0449. The average Bonchev–Trinajstić information content (AvgIpc) is 2.48. The molecule has 2 aliphatic rings. The van der Waals surface area contributed by atoms with E-state index in [4.69, 9.17) is 5.73 Å². The molecule has 0 unspecified atom stereocenters. The molecule has 14 heavy (non-hydrogen) atoms. The van der Waals surface area contributed by atoms with Crippen LogP contribution in [0.1, 0.15) is 25.7 Å². The van der Waals surface area contributed by atoms with Gasteiger partial charge in [-0.05, 0) is 12.8 Å². The van der Waals surface area contributed by atoms with Crippen molar-refractivity contribution in [1.29, 1.82) is 0 Å². The van der Waals surface area contributed by atoms with E-state index in [9.17, 15) is 9.59 Å². The van der Waals surface area contributed by atoms with E-state index in [1.165, 1.54) is 4.90 Å². The van der Waals surface area contributed by atoms with E-state index in [2.05, 4.69) is 5.32 Å². The lowest BCUT2D eigenvalue weighted by atomic mass is 9.90. The van der Waals surface area contributed by atoms with Gasteiger partial charge < -0.3 is 11.1 Å². The molecule has 0 bridgehead atoms. The van der Waals surface area contributed by atoms with Crippen LogP contribution >= 0.6 is 0 Å². The molecule has 0 aromatic rings. The summed E-state index contributed by atoms with van der Waals surface area (Å²) in [6.07, 6.45) is 3.90. The van der Waals surface area contributed by atoms with Crippen LogP contribution in [0.2, 0.25) is 0 Å². The van der Waals surface area contributed by atoms with Gasteiger partial charge >= 0.3 is 6.03 Å². The van der Waals surface area contributed by atoms with Crippen LogP contribution in [-0.2, 0) is 4.79 Å². The number of nitrogens with two attached hydrogens (primary N) is 1. The van der Waals surface area contributed by atoms with Crippen LogP contribution in [0.5, 0.6) is 0 Å². The molecule has 2 rings (SSSR count). The lowest BCUT2D eigenvalue weighted by molar-refractivity contribution is -0.127. The molecule has 1 saturated heterocycles. The number of amides is 3. The molecule has 2 atom stereocenters. The summed E-state index contributed by atoms with van der Waals surface area (Å²) in [7, 11) is 0. The molecule has 1 aliphatic carbocycles. The Balaban J connectivity index is 2.12. The van der Waals surface area contributed by atoms with Crippen LogP contribution < -0.4 is 11.1 Å². The van der Waals surface area contributed by atoms with Crippen molar-refractivity contribution in [3.8, 4) is 0 Å². The molecule has 2 fully saturated rings. The highest BCUT2D eigenvalue weighted by atomic mass is 16.2. The summed E-state index contributed by atoms with van der Waals surface area (Å²) in [6, 6.07) is -0.410. The molecule has 5 nitrogen and oxygen atoms in total. The third-order valence-electron chi connectivity index (χ3n) is 2.99. The smallest absolute Gasteiger partial charge is 0.324 e. The summed E-state index contributed by atoms with van der Waals surface area (Å²) < 4.78 is 0. The third kappa shape index (κ3) is 1.48. The Kier molecular flexibility index (Phi) is 2.41. The summed E-state index contributed by atoms with van der Waals surface area (Å²) in [5, 5.41) is 2.52. The lowest BCUT2D eigenvalue weighted by Gasteiger charge is -2.33. The minimum atomic E-state index is -0.280. The second kappa shape index (κ2) is 3.57. The number of rotatable bonds is 1. The van der Waals surface area contributed by atoms with Gasteiger partial charge in [0, 0.05) is 6.04 Å². The second-order valence-corrected chi connectivity index (χ2v) is 3.94. The number of urea groups is 1. The molecule has 0 spiro atoms. The van der Waals surface area contributed by atoms with Crippen molar-refractivity contribution >= 4 is 11.9 Å². The molecule has 3 amide bonds. The average molecular weight is 197 g/mol. The maximum atomic E-state index is 11.4. The predicted octanol–water partition coefficient (Wildman–Crippen LogP) is -0.192. The topological polar surface area (TPSA) is 75.4 Å². The molecular weight excluding hydrogens is 182 g/mol. The number of nitrogens with zero attached hydrogens (tertiary/aromatic N) is 1. The molecule has 0 aromatic heterocycles. The molecule has 3 N–H and O–H groups in total. The lowest BCUT2D eigenvalue weighted by Crippen LogP contribution is -2.52. The SMILES string of the molecule is N[C@@H]1CCCC[C@H]1N1C(=O)CNC1=O. The minimum Gasteiger partial charge on any atom is -0.329 e. The van der Waals surface area contributed by atoms with Gasteiger partial charge in [-0.25, -0.2) is 4.79 Å². The van der Waals surface area contributed by atoms with E-state index < -0.39 is 0 Å². The van der Waals surface area contributed by atoms with Crippen LogP contribution in [0, 0.1) is 0 Å². The van der Waals surface area contributed by atoms with E-state index in [-0.39, 0.29) is 30.6 Å². The van der Waals surface area contributed by atoms with Crippen LogP contribution in [-0.4, -0.2) is 35.5 Å².